The predicted octanol–water partition coefficient (Wildman–Crippen LogP) is 0.169. The molecule has 3 fully saturated rings. The molecule has 3 aliphatic rings. The summed E-state index contributed by atoms with van der Waals surface area (Å²) >= 11 is 0. The highest BCUT2D eigenvalue weighted by Gasteiger charge is 2.72. The first kappa shape index (κ1) is 12.1. The molecule has 2 saturated heterocycles. The Kier molecular flexibility index (Phi) is 2.38. The molecular formula is C13H19NO4. The van der Waals surface area contributed by atoms with E-state index in [1.165, 1.54) is 4.90 Å². The number of amides is 2. The molecule has 2 amide bonds. The Labute approximate surface area is 106 Å². The van der Waals surface area contributed by atoms with Crippen molar-refractivity contribution in [2.45, 2.75) is 32.3 Å². The van der Waals surface area contributed by atoms with Crippen LogP contribution in [0.2, 0.25) is 0 Å². The summed E-state index contributed by atoms with van der Waals surface area (Å²) in [6.45, 7) is 5.03. The van der Waals surface area contributed by atoms with Crippen LogP contribution in [0.5, 0.6) is 0 Å². The van der Waals surface area contributed by atoms with Crippen molar-refractivity contribution in [2.75, 3.05) is 19.8 Å². The Balaban J connectivity index is 1.72. The number of rotatable bonds is 2. The van der Waals surface area contributed by atoms with Crippen LogP contribution in [0.1, 0.15) is 26.7 Å². The van der Waals surface area contributed by atoms with E-state index in [9.17, 15) is 14.7 Å². The summed E-state index contributed by atoms with van der Waals surface area (Å²) in [5, 5.41) is 10.4. The fourth-order valence-corrected chi connectivity index (χ4v) is 3.36. The van der Waals surface area contributed by atoms with E-state index in [0.717, 1.165) is 0 Å². The summed E-state index contributed by atoms with van der Waals surface area (Å²) in [6.07, 6.45) is 0.978. The Hall–Kier alpha value is -0.940. The van der Waals surface area contributed by atoms with E-state index >= 15 is 0 Å². The summed E-state index contributed by atoms with van der Waals surface area (Å²) in [4.78, 5) is 25.6. The number of hydrogen-bond acceptors (Lipinski definition) is 4. The zero-order valence-corrected chi connectivity index (χ0v) is 10.8. The molecular weight excluding hydrogens is 234 g/mol. The number of aliphatic hydroxyl groups is 1. The first-order valence-corrected chi connectivity index (χ1v) is 6.52. The van der Waals surface area contributed by atoms with Crippen molar-refractivity contribution in [3.63, 3.8) is 0 Å². The van der Waals surface area contributed by atoms with Gasteiger partial charge >= 0.3 is 0 Å². The molecule has 2 aliphatic heterocycles. The highest BCUT2D eigenvalue weighted by molar-refractivity contribution is 6.10. The molecule has 1 saturated carbocycles. The lowest BCUT2D eigenvalue weighted by molar-refractivity contribution is -0.150. The molecule has 0 radical (unpaired) electrons. The number of ether oxygens (including phenoxy) is 1. The van der Waals surface area contributed by atoms with Gasteiger partial charge in [-0.05, 0) is 5.41 Å². The lowest BCUT2D eigenvalue weighted by Crippen LogP contribution is -2.50. The molecule has 5 nitrogen and oxygen atoms in total. The molecule has 0 aromatic heterocycles. The maximum atomic E-state index is 12.2. The van der Waals surface area contributed by atoms with Crippen molar-refractivity contribution in [3.8, 4) is 0 Å². The van der Waals surface area contributed by atoms with Gasteiger partial charge in [-0.1, -0.05) is 13.8 Å². The fourth-order valence-electron chi connectivity index (χ4n) is 3.36. The third-order valence-corrected chi connectivity index (χ3v) is 4.77. The van der Waals surface area contributed by atoms with E-state index in [1.54, 1.807) is 0 Å². The molecule has 5 heteroatoms. The molecule has 0 aromatic carbocycles. The molecule has 3 rings (SSSR count). The number of β-amino-alcohol motifs (C(OH)–C–C–N with tert-alkyl or cyclic N) is 1. The SMILES string of the molecule is CC1(C)C2C(=O)N(CC3(O)CCOCC3)C(=O)C21. The normalized spacial score (nSPS) is 36.7. The maximum absolute atomic E-state index is 12.2. The molecule has 2 atom stereocenters. The third kappa shape index (κ3) is 1.53. The van der Waals surface area contributed by atoms with Crippen LogP contribution in [-0.4, -0.2) is 47.2 Å². The van der Waals surface area contributed by atoms with Gasteiger partial charge in [0.15, 0.2) is 0 Å². The van der Waals surface area contributed by atoms with Crippen molar-refractivity contribution < 1.29 is 19.4 Å². The van der Waals surface area contributed by atoms with Crippen molar-refractivity contribution in [2.24, 2.45) is 17.3 Å². The lowest BCUT2D eigenvalue weighted by atomic mass is 9.93. The summed E-state index contributed by atoms with van der Waals surface area (Å²) in [5.41, 5.74) is -1.13. The van der Waals surface area contributed by atoms with Crippen molar-refractivity contribution >= 4 is 11.8 Å². The quantitative estimate of drug-likeness (QED) is 0.712. The lowest BCUT2D eigenvalue weighted by Gasteiger charge is -2.35. The van der Waals surface area contributed by atoms with E-state index in [2.05, 4.69) is 0 Å². The summed E-state index contributed by atoms with van der Waals surface area (Å²) in [6, 6.07) is 0. The molecule has 0 bridgehead atoms. The second kappa shape index (κ2) is 3.54. The van der Waals surface area contributed by atoms with Crippen molar-refractivity contribution in [1.82, 2.24) is 4.90 Å². The standard InChI is InChI=1S/C13H19NO4/c1-12(2)8-9(12)11(16)14(10(8)15)7-13(17)3-5-18-6-4-13/h8-9,17H,3-7H2,1-2H3. The number of nitrogens with zero attached hydrogens (tertiary/aromatic N) is 1. The minimum absolute atomic E-state index is 0.102. The minimum atomic E-state index is -0.954. The molecule has 2 unspecified atom stereocenters. The predicted molar refractivity (Wildman–Crippen MR) is 62.5 cm³/mol. The van der Waals surface area contributed by atoms with Crippen molar-refractivity contribution in [3.05, 3.63) is 0 Å². The number of fused-ring (bicyclic) bond motifs is 1. The summed E-state index contributed by atoms with van der Waals surface area (Å²) < 4.78 is 5.20. The molecule has 2 heterocycles. The smallest absolute Gasteiger partial charge is 0.233 e. The number of hydrogen-bond donors (Lipinski definition) is 1. The van der Waals surface area contributed by atoms with E-state index < -0.39 is 5.60 Å². The zero-order chi connectivity index (χ0) is 13.1. The van der Waals surface area contributed by atoms with Crippen LogP contribution in [0.3, 0.4) is 0 Å². The van der Waals surface area contributed by atoms with Crippen LogP contribution in [0.15, 0.2) is 0 Å². The second-order valence-corrected chi connectivity index (χ2v) is 6.38. The molecule has 100 valence electrons. The largest absolute Gasteiger partial charge is 0.388 e. The number of imide groups is 1. The van der Waals surface area contributed by atoms with Gasteiger partial charge in [0.05, 0.1) is 24.0 Å². The number of carbonyl (C=O) groups excluding carboxylic acids is 2. The van der Waals surface area contributed by atoms with Gasteiger partial charge in [0, 0.05) is 26.1 Å². The number of piperidine rings is 1. The van der Waals surface area contributed by atoms with Crippen molar-refractivity contribution in [1.29, 1.82) is 0 Å². The first-order chi connectivity index (χ1) is 8.37. The van der Waals surface area contributed by atoms with Crippen LogP contribution in [-0.2, 0) is 14.3 Å². The Morgan fingerprint density at radius 3 is 2.22 bits per heavy atom. The molecule has 1 aliphatic carbocycles. The fraction of sp³-hybridized carbons (Fsp3) is 0.846. The van der Waals surface area contributed by atoms with Crippen LogP contribution in [0.4, 0.5) is 0 Å². The highest BCUT2D eigenvalue weighted by atomic mass is 16.5. The van der Waals surface area contributed by atoms with Gasteiger partial charge in [-0.15, -0.1) is 0 Å². The van der Waals surface area contributed by atoms with E-state index in [-0.39, 0.29) is 35.6 Å². The van der Waals surface area contributed by atoms with E-state index in [0.29, 0.717) is 26.1 Å². The van der Waals surface area contributed by atoms with Gasteiger partial charge in [-0.25, -0.2) is 0 Å². The Bertz CT molecular complexity index is 387. The second-order valence-electron chi connectivity index (χ2n) is 6.38. The van der Waals surface area contributed by atoms with E-state index in [4.69, 9.17) is 4.74 Å². The molecule has 0 aromatic rings. The van der Waals surface area contributed by atoms with Gasteiger partial charge in [0.1, 0.15) is 0 Å². The summed E-state index contributed by atoms with van der Waals surface area (Å²) in [5.74, 6) is -0.522. The van der Waals surface area contributed by atoms with Crippen LogP contribution in [0.25, 0.3) is 0 Å². The van der Waals surface area contributed by atoms with Crippen LogP contribution in [0, 0.1) is 17.3 Å². The number of carbonyl (C=O) groups is 2. The third-order valence-electron chi connectivity index (χ3n) is 4.77. The Morgan fingerprint density at radius 1 is 1.22 bits per heavy atom. The van der Waals surface area contributed by atoms with Gasteiger partial charge < -0.3 is 9.84 Å². The van der Waals surface area contributed by atoms with Gasteiger partial charge in [0.2, 0.25) is 11.8 Å². The first-order valence-electron chi connectivity index (χ1n) is 6.52. The van der Waals surface area contributed by atoms with Crippen LogP contribution < -0.4 is 0 Å². The molecule has 0 spiro atoms. The monoisotopic (exact) mass is 253 g/mol. The molecule has 1 N–H and O–H groups in total. The average molecular weight is 253 g/mol. The summed E-state index contributed by atoms with van der Waals surface area (Å²) in [7, 11) is 0. The Morgan fingerprint density at radius 2 is 1.72 bits per heavy atom. The zero-order valence-electron chi connectivity index (χ0n) is 10.8. The van der Waals surface area contributed by atoms with E-state index in [1.807, 2.05) is 13.8 Å². The average Bonchev–Trinajstić information content (AvgIpc) is 2.78. The molecule has 18 heavy (non-hydrogen) atoms. The topological polar surface area (TPSA) is 66.8 Å². The van der Waals surface area contributed by atoms with Gasteiger partial charge in [-0.3, -0.25) is 14.5 Å². The minimum Gasteiger partial charge on any atom is -0.388 e. The van der Waals surface area contributed by atoms with Gasteiger partial charge in [0.25, 0.3) is 0 Å². The van der Waals surface area contributed by atoms with Gasteiger partial charge in [-0.2, -0.15) is 0 Å². The number of likely N-dealkylation sites (tertiary alicyclic amines) is 1. The van der Waals surface area contributed by atoms with Crippen LogP contribution >= 0.6 is 0 Å². The highest BCUT2D eigenvalue weighted by Crippen LogP contribution is 2.63. The maximum Gasteiger partial charge on any atom is 0.233 e.